The average Bonchev–Trinajstić information content (AvgIpc) is 3.36. The Labute approximate surface area is 161 Å². The van der Waals surface area contributed by atoms with Crippen molar-refractivity contribution >= 4 is 29.1 Å². The van der Waals surface area contributed by atoms with Crippen LogP contribution >= 0.6 is 11.6 Å². The van der Waals surface area contributed by atoms with Crippen LogP contribution in [0.2, 0.25) is 5.02 Å². The molecule has 1 aliphatic rings. The second kappa shape index (κ2) is 8.87. The number of rotatable bonds is 8. The van der Waals surface area contributed by atoms with Gasteiger partial charge in [0, 0.05) is 36.1 Å². The zero-order chi connectivity index (χ0) is 19.3. The third kappa shape index (κ3) is 6.61. The number of nitrogens with zero attached hydrogens (tertiary/aromatic N) is 1. The van der Waals surface area contributed by atoms with Crippen LogP contribution < -0.4 is 11.1 Å². The summed E-state index contributed by atoms with van der Waals surface area (Å²) in [5.41, 5.74) is 7.08. The summed E-state index contributed by atoms with van der Waals surface area (Å²) in [5.74, 6) is 0.303. The molecule has 0 aromatic heterocycles. The van der Waals surface area contributed by atoms with Gasteiger partial charge >= 0.3 is 0 Å². The monoisotopic (exact) mass is 379 g/mol. The fourth-order valence-electron chi connectivity index (χ4n) is 2.80. The predicted molar refractivity (Wildman–Crippen MR) is 106 cm³/mol. The summed E-state index contributed by atoms with van der Waals surface area (Å²) < 4.78 is 0. The standard InChI is InChI=1S/C20H30ClN3O2/c1-20(2,3)12-18(25)23-16-7-8-17(21)15(11-16)13-24(10-4-9-22)19(26)14-5-6-14/h7-8,11,14H,4-6,9-10,12-13,22H2,1-3H3,(H,23,25). The van der Waals surface area contributed by atoms with E-state index in [0.717, 1.165) is 24.8 Å². The highest BCUT2D eigenvalue weighted by Gasteiger charge is 2.33. The van der Waals surface area contributed by atoms with Crippen molar-refractivity contribution in [3.05, 3.63) is 28.8 Å². The normalized spacial score (nSPS) is 14.2. The Morgan fingerprint density at radius 3 is 2.58 bits per heavy atom. The Morgan fingerprint density at radius 1 is 1.31 bits per heavy atom. The molecule has 6 heteroatoms. The molecule has 0 saturated heterocycles. The first-order chi connectivity index (χ1) is 12.2. The maximum Gasteiger partial charge on any atom is 0.225 e. The van der Waals surface area contributed by atoms with Crippen molar-refractivity contribution in [1.82, 2.24) is 4.90 Å². The van der Waals surface area contributed by atoms with Crippen molar-refractivity contribution in [1.29, 1.82) is 0 Å². The topological polar surface area (TPSA) is 75.4 Å². The van der Waals surface area contributed by atoms with E-state index in [1.54, 1.807) is 12.1 Å². The Hall–Kier alpha value is -1.59. The number of hydrogen-bond acceptors (Lipinski definition) is 3. The fraction of sp³-hybridized carbons (Fsp3) is 0.600. The minimum Gasteiger partial charge on any atom is -0.338 e. The van der Waals surface area contributed by atoms with Gasteiger partial charge < -0.3 is 16.0 Å². The Balaban J connectivity index is 2.09. The van der Waals surface area contributed by atoms with Crippen molar-refractivity contribution in [3.63, 3.8) is 0 Å². The number of amides is 2. The Morgan fingerprint density at radius 2 is 2.00 bits per heavy atom. The van der Waals surface area contributed by atoms with Crippen LogP contribution in [0.5, 0.6) is 0 Å². The van der Waals surface area contributed by atoms with Gasteiger partial charge in [-0.1, -0.05) is 32.4 Å². The molecule has 2 rings (SSSR count). The summed E-state index contributed by atoms with van der Waals surface area (Å²) in [7, 11) is 0. The van der Waals surface area contributed by atoms with E-state index in [2.05, 4.69) is 5.32 Å². The van der Waals surface area contributed by atoms with Crippen molar-refractivity contribution < 1.29 is 9.59 Å². The summed E-state index contributed by atoms with van der Waals surface area (Å²) in [5, 5.41) is 3.52. The van der Waals surface area contributed by atoms with Gasteiger partial charge in [0.25, 0.3) is 0 Å². The minimum atomic E-state index is -0.0744. The highest BCUT2D eigenvalue weighted by Crippen LogP contribution is 2.32. The molecule has 1 aromatic rings. The first-order valence-electron chi connectivity index (χ1n) is 9.27. The van der Waals surface area contributed by atoms with E-state index in [4.69, 9.17) is 17.3 Å². The molecule has 0 unspecified atom stereocenters. The second-order valence-corrected chi connectivity index (χ2v) is 8.68. The fourth-order valence-corrected chi connectivity index (χ4v) is 2.98. The maximum absolute atomic E-state index is 12.5. The molecular weight excluding hydrogens is 350 g/mol. The molecule has 26 heavy (non-hydrogen) atoms. The van der Waals surface area contributed by atoms with E-state index in [1.165, 1.54) is 0 Å². The van der Waals surface area contributed by atoms with E-state index in [1.807, 2.05) is 31.7 Å². The van der Waals surface area contributed by atoms with Gasteiger partial charge in [-0.15, -0.1) is 0 Å². The summed E-state index contributed by atoms with van der Waals surface area (Å²) in [6, 6.07) is 5.42. The van der Waals surface area contributed by atoms with Crippen molar-refractivity contribution in [2.45, 2.75) is 53.0 Å². The lowest BCUT2D eigenvalue weighted by atomic mass is 9.92. The number of anilines is 1. The molecule has 0 radical (unpaired) electrons. The number of halogens is 1. The molecule has 1 aromatic carbocycles. The number of nitrogens with two attached hydrogens (primary N) is 1. The van der Waals surface area contributed by atoms with Crippen LogP contribution in [-0.2, 0) is 16.1 Å². The number of nitrogens with one attached hydrogen (secondary N) is 1. The summed E-state index contributed by atoms with van der Waals surface area (Å²) >= 11 is 6.34. The highest BCUT2D eigenvalue weighted by atomic mass is 35.5. The number of benzene rings is 1. The molecule has 144 valence electrons. The summed E-state index contributed by atoms with van der Waals surface area (Å²) in [6.07, 6.45) is 3.13. The van der Waals surface area contributed by atoms with Gasteiger partial charge in [0.1, 0.15) is 0 Å². The van der Waals surface area contributed by atoms with Gasteiger partial charge in [-0.05, 0) is 55.0 Å². The van der Waals surface area contributed by atoms with Crippen LogP contribution in [0.25, 0.3) is 0 Å². The molecule has 1 fully saturated rings. The SMILES string of the molecule is CC(C)(C)CC(=O)Nc1ccc(Cl)c(CN(CCCN)C(=O)C2CC2)c1. The van der Waals surface area contributed by atoms with Crippen molar-refractivity contribution in [2.24, 2.45) is 17.1 Å². The molecule has 1 aliphatic carbocycles. The summed E-state index contributed by atoms with van der Waals surface area (Å²) in [4.78, 5) is 26.5. The van der Waals surface area contributed by atoms with Crippen LogP contribution in [0.3, 0.4) is 0 Å². The molecule has 2 amide bonds. The second-order valence-electron chi connectivity index (χ2n) is 8.27. The average molecular weight is 380 g/mol. The van der Waals surface area contributed by atoms with E-state index in [-0.39, 0.29) is 23.1 Å². The quantitative estimate of drug-likeness (QED) is 0.721. The molecule has 5 nitrogen and oxygen atoms in total. The molecule has 3 N–H and O–H groups in total. The third-order valence-electron chi connectivity index (χ3n) is 4.25. The van der Waals surface area contributed by atoms with Gasteiger partial charge in [-0.25, -0.2) is 0 Å². The van der Waals surface area contributed by atoms with E-state index < -0.39 is 0 Å². The first kappa shape index (κ1) is 20.7. The van der Waals surface area contributed by atoms with Gasteiger partial charge in [0.05, 0.1) is 0 Å². The molecular formula is C20H30ClN3O2. The van der Waals surface area contributed by atoms with Crippen LogP contribution in [0, 0.1) is 11.3 Å². The molecule has 1 saturated carbocycles. The largest absolute Gasteiger partial charge is 0.338 e. The zero-order valence-electron chi connectivity index (χ0n) is 16.0. The first-order valence-corrected chi connectivity index (χ1v) is 9.64. The Bertz CT molecular complexity index is 651. The number of carbonyl (C=O) groups is 2. The van der Waals surface area contributed by atoms with Gasteiger partial charge in [0.15, 0.2) is 0 Å². The molecule has 0 heterocycles. The van der Waals surface area contributed by atoms with Crippen molar-refractivity contribution in [3.8, 4) is 0 Å². The number of carbonyl (C=O) groups excluding carboxylic acids is 2. The third-order valence-corrected chi connectivity index (χ3v) is 4.62. The maximum atomic E-state index is 12.5. The lowest BCUT2D eigenvalue weighted by Crippen LogP contribution is -2.33. The predicted octanol–water partition coefficient (Wildman–Crippen LogP) is 3.80. The minimum absolute atomic E-state index is 0.0279. The lowest BCUT2D eigenvalue weighted by Gasteiger charge is -2.24. The lowest BCUT2D eigenvalue weighted by molar-refractivity contribution is -0.133. The van der Waals surface area contributed by atoms with E-state index >= 15 is 0 Å². The highest BCUT2D eigenvalue weighted by molar-refractivity contribution is 6.31. The molecule has 0 atom stereocenters. The van der Waals surface area contributed by atoms with Crippen LogP contribution in [0.1, 0.15) is 52.0 Å². The van der Waals surface area contributed by atoms with Crippen LogP contribution in [0.15, 0.2) is 18.2 Å². The number of hydrogen-bond donors (Lipinski definition) is 2. The zero-order valence-corrected chi connectivity index (χ0v) is 16.7. The smallest absolute Gasteiger partial charge is 0.225 e. The summed E-state index contributed by atoms with van der Waals surface area (Å²) in [6.45, 7) is 7.70. The van der Waals surface area contributed by atoms with E-state index in [9.17, 15) is 9.59 Å². The van der Waals surface area contributed by atoms with Crippen LogP contribution in [0.4, 0.5) is 5.69 Å². The molecule has 0 aliphatic heterocycles. The van der Waals surface area contributed by atoms with E-state index in [0.29, 0.717) is 36.8 Å². The van der Waals surface area contributed by atoms with Gasteiger partial charge in [-0.2, -0.15) is 0 Å². The molecule has 0 spiro atoms. The Kier molecular flexibility index (Phi) is 7.07. The van der Waals surface area contributed by atoms with Crippen molar-refractivity contribution in [2.75, 3.05) is 18.4 Å². The van der Waals surface area contributed by atoms with Crippen LogP contribution in [-0.4, -0.2) is 29.8 Å². The molecule has 0 bridgehead atoms. The van der Waals surface area contributed by atoms with Gasteiger partial charge in [0.2, 0.25) is 11.8 Å². The van der Waals surface area contributed by atoms with Gasteiger partial charge in [-0.3, -0.25) is 9.59 Å².